The number of benzene rings is 2. The monoisotopic (exact) mass is 405 g/mol. The van der Waals surface area contributed by atoms with Crippen molar-refractivity contribution in [3.63, 3.8) is 0 Å². The minimum atomic E-state index is -1.08. The number of nitrogens with one attached hydrogen (secondary N) is 1. The van der Waals surface area contributed by atoms with E-state index in [1.165, 1.54) is 12.1 Å². The van der Waals surface area contributed by atoms with Crippen LogP contribution in [-0.4, -0.2) is 36.4 Å². The molecule has 27 heavy (non-hydrogen) atoms. The number of nitrogens with zero attached hydrogens (tertiary/aromatic N) is 2. The van der Waals surface area contributed by atoms with E-state index in [4.69, 9.17) is 27.9 Å². The fraction of sp³-hybridized carbons (Fsp3) is 0.211. The predicted molar refractivity (Wildman–Crippen MR) is 105 cm³/mol. The normalized spacial score (nSPS) is 18.8. The van der Waals surface area contributed by atoms with Crippen molar-refractivity contribution in [3.8, 4) is 0 Å². The highest BCUT2D eigenvalue weighted by atomic mass is 35.5. The lowest BCUT2D eigenvalue weighted by Crippen LogP contribution is -2.42. The molecule has 0 saturated carbocycles. The van der Waals surface area contributed by atoms with Gasteiger partial charge in [-0.05, 0) is 30.7 Å². The summed E-state index contributed by atoms with van der Waals surface area (Å²) in [4.78, 5) is 25.1. The molecule has 3 rings (SSSR count). The lowest BCUT2D eigenvalue weighted by atomic mass is 9.82. The van der Waals surface area contributed by atoms with Gasteiger partial charge >= 0.3 is 12.0 Å². The highest BCUT2D eigenvalue weighted by Gasteiger charge is 2.48. The smallest absolute Gasteiger partial charge is 0.342 e. The molecule has 2 aromatic rings. The lowest BCUT2D eigenvalue weighted by molar-refractivity contribution is -0.147. The molecule has 6 nitrogen and oxygen atoms in total. The van der Waals surface area contributed by atoms with Crippen LogP contribution >= 0.6 is 23.2 Å². The van der Waals surface area contributed by atoms with Crippen molar-refractivity contribution in [1.82, 2.24) is 5.01 Å². The van der Waals surface area contributed by atoms with Crippen molar-refractivity contribution < 1.29 is 14.3 Å². The highest BCUT2D eigenvalue weighted by molar-refractivity contribution is 6.42. The van der Waals surface area contributed by atoms with E-state index >= 15 is 0 Å². The quantitative estimate of drug-likeness (QED) is 0.767. The Hall–Kier alpha value is -2.57. The van der Waals surface area contributed by atoms with Gasteiger partial charge in [-0.1, -0.05) is 53.5 Å². The molecule has 1 unspecified atom stereocenters. The van der Waals surface area contributed by atoms with Gasteiger partial charge in [0.2, 0.25) is 0 Å². The van der Waals surface area contributed by atoms with E-state index in [0.717, 1.165) is 5.56 Å². The maximum Gasteiger partial charge on any atom is 0.342 e. The van der Waals surface area contributed by atoms with Crippen molar-refractivity contribution in [2.45, 2.75) is 6.92 Å². The molecule has 0 bridgehead atoms. The number of hydrazone groups is 1. The average molecular weight is 406 g/mol. The first-order chi connectivity index (χ1) is 12.8. The number of rotatable bonds is 3. The zero-order valence-corrected chi connectivity index (χ0v) is 16.2. The minimum absolute atomic E-state index is 0.0526. The molecule has 1 aliphatic rings. The molecule has 0 aromatic heterocycles. The van der Waals surface area contributed by atoms with Crippen LogP contribution in [0.5, 0.6) is 0 Å². The summed E-state index contributed by atoms with van der Waals surface area (Å²) in [7, 11) is 1.31. The molecular formula is C19H17Cl2N3O3. The van der Waals surface area contributed by atoms with Gasteiger partial charge in [0.1, 0.15) is 5.41 Å². The topological polar surface area (TPSA) is 71.0 Å². The summed E-state index contributed by atoms with van der Waals surface area (Å²) in [5, 5.41) is 9.02. The van der Waals surface area contributed by atoms with Crippen molar-refractivity contribution in [3.05, 3.63) is 64.1 Å². The lowest BCUT2D eigenvalue weighted by Gasteiger charge is -2.23. The summed E-state index contributed by atoms with van der Waals surface area (Å²) in [6, 6.07) is 13.5. The van der Waals surface area contributed by atoms with E-state index in [-0.39, 0.29) is 6.54 Å². The number of carbonyl (C=O) groups excluding carboxylic acids is 2. The molecule has 0 saturated heterocycles. The molecule has 2 amide bonds. The van der Waals surface area contributed by atoms with Gasteiger partial charge in [-0.25, -0.2) is 9.80 Å². The van der Waals surface area contributed by atoms with Gasteiger partial charge in [-0.3, -0.25) is 4.79 Å². The van der Waals surface area contributed by atoms with Crippen LogP contribution in [0.25, 0.3) is 0 Å². The third kappa shape index (κ3) is 3.77. The number of urea groups is 1. The molecule has 1 atom stereocenters. The molecule has 1 N–H and O–H groups in total. The van der Waals surface area contributed by atoms with Crippen molar-refractivity contribution in [2.24, 2.45) is 10.5 Å². The van der Waals surface area contributed by atoms with Gasteiger partial charge < -0.3 is 10.1 Å². The Morgan fingerprint density at radius 2 is 1.85 bits per heavy atom. The summed E-state index contributed by atoms with van der Waals surface area (Å²) in [6.07, 6.45) is 0. The van der Waals surface area contributed by atoms with Crippen molar-refractivity contribution in [1.29, 1.82) is 0 Å². The number of hydrogen-bond acceptors (Lipinski definition) is 4. The van der Waals surface area contributed by atoms with Gasteiger partial charge in [0, 0.05) is 5.69 Å². The number of carbonyl (C=O) groups is 2. The minimum Gasteiger partial charge on any atom is -0.468 e. The van der Waals surface area contributed by atoms with E-state index in [0.29, 0.717) is 21.4 Å². The molecule has 0 fully saturated rings. The maximum absolute atomic E-state index is 12.7. The first-order valence-electron chi connectivity index (χ1n) is 8.11. The maximum atomic E-state index is 12.7. The first kappa shape index (κ1) is 19.2. The van der Waals surface area contributed by atoms with E-state index in [1.54, 1.807) is 25.1 Å². The van der Waals surface area contributed by atoms with Gasteiger partial charge in [-0.2, -0.15) is 5.10 Å². The summed E-state index contributed by atoms with van der Waals surface area (Å²) < 4.78 is 4.95. The highest BCUT2D eigenvalue weighted by Crippen LogP contribution is 2.33. The van der Waals surface area contributed by atoms with Crippen LogP contribution in [0.1, 0.15) is 12.5 Å². The zero-order valence-electron chi connectivity index (χ0n) is 14.7. The number of hydrogen-bond donors (Lipinski definition) is 1. The Morgan fingerprint density at radius 1 is 1.15 bits per heavy atom. The molecule has 0 aliphatic carbocycles. The molecular weight excluding hydrogens is 389 g/mol. The molecule has 0 radical (unpaired) electrons. The van der Waals surface area contributed by atoms with Crippen LogP contribution in [0.4, 0.5) is 10.5 Å². The third-order valence-electron chi connectivity index (χ3n) is 4.30. The fourth-order valence-corrected chi connectivity index (χ4v) is 3.18. The predicted octanol–water partition coefficient (Wildman–Crippen LogP) is 4.42. The number of amides is 2. The average Bonchev–Trinajstić information content (AvgIpc) is 3.04. The third-order valence-corrected chi connectivity index (χ3v) is 5.04. The summed E-state index contributed by atoms with van der Waals surface area (Å²) in [5.74, 6) is -0.463. The van der Waals surface area contributed by atoms with E-state index < -0.39 is 17.4 Å². The van der Waals surface area contributed by atoms with Crippen LogP contribution in [-0.2, 0) is 9.53 Å². The second-order valence-electron chi connectivity index (χ2n) is 6.26. The van der Waals surface area contributed by atoms with Crippen LogP contribution in [0.3, 0.4) is 0 Å². The van der Waals surface area contributed by atoms with E-state index in [9.17, 15) is 9.59 Å². The number of methoxy groups -OCH3 is 1. The van der Waals surface area contributed by atoms with E-state index in [1.807, 2.05) is 30.3 Å². The molecule has 1 heterocycles. The number of halogens is 2. The Morgan fingerprint density at radius 3 is 2.48 bits per heavy atom. The first-order valence-corrected chi connectivity index (χ1v) is 8.87. The second kappa shape index (κ2) is 7.58. The molecule has 2 aromatic carbocycles. The fourth-order valence-electron chi connectivity index (χ4n) is 2.88. The van der Waals surface area contributed by atoms with Crippen molar-refractivity contribution >= 4 is 46.6 Å². The second-order valence-corrected chi connectivity index (χ2v) is 7.07. The SMILES string of the molecule is COC(=O)C1(C)CN(C(=O)Nc2ccc(Cl)c(Cl)c2)N=C1c1ccccc1. The Bertz CT molecular complexity index is 918. The van der Waals surface area contributed by atoms with Crippen LogP contribution in [0.15, 0.2) is 53.6 Å². The molecule has 8 heteroatoms. The van der Waals surface area contributed by atoms with E-state index in [2.05, 4.69) is 10.4 Å². The zero-order chi connectivity index (χ0) is 19.6. The van der Waals surface area contributed by atoms with Gasteiger partial charge in [0.25, 0.3) is 0 Å². The molecule has 140 valence electrons. The van der Waals surface area contributed by atoms with Crippen LogP contribution < -0.4 is 5.32 Å². The van der Waals surface area contributed by atoms with Gasteiger partial charge in [0.15, 0.2) is 0 Å². The standard InChI is InChI=1S/C19H17Cl2N3O3/c1-19(17(25)27-2)11-24(23-16(19)12-6-4-3-5-7-12)18(26)22-13-8-9-14(20)15(21)10-13/h3-10H,11H2,1-2H3,(H,22,26). The Balaban J connectivity index is 1.89. The Kier molecular flexibility index (Phi) is 5.39. The number of esters is 1. The number of anilines is 1. The molecule has 0 spiro atoms. The van der Waals surface area contributed by atoms with Crippen LogP contribution in [0.2, 0.25) is 10.0 Å². The van der Waals surface area contributed by atoms with Gasteiger partial charge in [-0.15, -0.1) is 0 Å². The summed E-state index contributed by atoms with van der Waals surface area (Å²) in [6.45, 7) is 1.76. The van der Waals surface area contributed by atoms with Gasteiger partial charge in [0.05, 0.1) is 29.4 Å². The Labute approximate surface area is 166 Å². The number of ether oxygens (including phenoxy) is 1. The largest absolute Gasteiger partial charge is 0.468 e. The molecule has 1 aliphatic heterocycles. The van der Waals surface area contributed by atoms with Crippen molar-refractivity contribution in [2.75, 3.05) is 19.0 Å². The van der Waals surface area contributed by atoms with Crippen LogP contribution in [0, 0.1) is 5.41 Å². The summed E-state index contributed by atoms with van der Waals surface area (Å²) >= 11 is 11.9. The summed E-state index contributed by atoms with van der Waals surface area (Å²) in [5.41, 5.74) is 0.609.